The minimum atomic E-state index is -1.83. The van der Waals surface area contributed by atoms with Crippen LogP contribution in [-0.2, 0) is 14.4 Å². The molecule has 0 spiro atoms. The van der Waals surface area contributed by atoms with Gasteiger partial charge in [0.15, 0.2) is 23.2 Å². The molecule has 1 aliphatic rings. The third-order valence-corrected chi connectivity index (χ3v) is 7.20. The van der Waals surface area contributed by atoms with E-state index in [4.69, 9.17) is 10.5 Å². The first kappa shape index (κ1) is 31.4. The molecule has 0 unspecified atom stereocenters. The van der Waals surface area contributed by atoms with Crippen molar-refractivity contribution in [3.05, 3.63) is 70.9 Å². The van der Waals surface area contributed by atoms with Gasteiger partial charge in [-0.25, -0.2) is 13.8 Å². The Morgan fingerprint density at radius 1 is 1.09 bits per heavy atom. The minimum Gasteiger partial charge on any atom is -0.479 e. The van der Waals surface area contributed by atoms with E-state index in [9.17, 15) is 36.7 Å². The molecule has 9 nitrogen and oxygen atoms in total. The van der Waals surface area contributed by atoms with Crippen molar-refractivity contribution in [1.29, 1.82) is 0 Å². The maximum absolute atomic E-state index is 14.1. The van der Waals surface area contributed by atoms with Crippen LogP contribution in [0.2, 0.25) is 0 Å². The van der Waals surface area contributed by atoms with Crippen molar-refractivity contribution in [1.82, 2.24) is 15.6 Å². The van der Waals surface area contributed by atoms with Crippen LogP contribution in [0.4, 0.5) is 17.6 Å². The summed E-state index contributed by atoms with van der Waals surface area (Å²) in [7, 11) is 0. The molecule has 4 rings (SSSR count). The van der Waals surface area contributed by atoms with Crippen LogP contribution in [0.3, 0.4) is 0 Å². The summed E-state index contributed by atoms with van der Waals surface area (Å²) in [5, 5.41) is 5.87. The Labute approximate surface area is 244 Å². The van der Waals surface area contributed by atoms with E-state index in [0.29, 0.717) is 23.9 Å². The molecule has 3 atom stereocenters. The molecule has 1 aromatic heterocycles. The number of hydrogen-bond donors (Lipinski definition) is 3. The van der Waals surface area contributed by atoms with Gasteiger partial charge in [0.2, 0.25) is 23.4 Å². The second kappa shape index (κ2) is 13.2. The van der Waals surface area contributed by atoms with Gasteiger partial charge in [-0.3, -0.25) is 19.2 Å². The highest BCUT2D eigenvalue weighted by molar-refractivity contribution is 5.99. The Morgan fingerprint density at radius 2 is 1.77 bits per heavy atom. The molecule has 2 aromatic carbocycles. The normalized spacial score (nSPS) is 16.2. The largest absolute Gasteiger partial charge is 0.479 e. The fourth-order valence-corrected chi connectivity index (χ4v) is 5.06. The number of rotatable bonds is 12. The van der Waals surface area contributed by atoms with Crippen LogP contribution in [0.25, 0.3) is 10.9 Å². The first-order valence-corrected chi connectivity index (χ1v) is 13.6. The average Bonchev–Trinajstić information content (AvgIpc) is 3.37. The highest BCUT2D eigenvalue weighted by atomic mass is 19.2. The Hall–Kier alpha value is -4.55. The number of Topliss-reactive ketones (excluding diaryl/α,β-unsaturated/α-hetero) is 1. The molecule has 1 fully saturated rings. The van der Waals surface area contributed by atoms with Crippen molar-refractivity contribution < 1.29 is 41.5 Å². The van der Waals surface area contributed by atoms with Gasteiger partial charge in [0.1, 0.15) is 12.3 Å². The number of benzene rings is 2. The fraction of sp³-hybridized carbons (Fsp3) is 0.367. The molecular formula is C30H30F4N4O5. The number of hydrogen-bond acceptors (Lipinski definition) is 6. The zero-order valence-electron chi connectivity index (χ0n) is 23.4. The summed E-state index contributed by atoms with van der Waals surface area (Å²) in [6.07, 6.45) is 0.384. The molecule has 3 amide bonds. The van der Waals surface area contributed by atoms with E-state index in [1.807, 2.05) is 13.8 Å². The van der Waals surface area contributed by atoms with E-state index >= 15 is 0 Å². The minimum absolute atomic E-state index is 0.00205. The second-order valence-electron chi connectivity index (χ2n) is 10.8. The molecule has 0 aliphatic carbocycles. The summed E-state index contributed by atoms with van der Waals surface area (Å²) in [5.41, 5.74) is 6.22. The number of carbonyl (C=O) groups is 4. The molecule has 0 bridgehead atoms. The van der Waals surface area contributed by atoms with Gasteiger partial charge >= 0.3 is 0 Å². The van der Waals surface area contributed by atoms with Crippen LogP contribution in [0.1, 0.15) is 55.1 Å². The van der Waals surface area contributed by atoms with Gasteiger partial charge < -0.3 is 21.1 Å². The Balaban J connectivity index is 1.66. The number of amides is 3. The predicted molar refractivity (Wildman–Crippen MR) is 147 cm³/mol. The van der Waals surface area contributed by atoms with Crippen LogP contribution in [0.15, 0.2) is 36.4 Å². The SMILES string of the molecule is CC(C)C[C@H](C(=O)N[C@@H](C[C@@H]1CCNC1=O)C(=O)COc1c(F)c(F)cc(F)c1F)c1cc2ccccc2nc1C(N)=O. The van der Waals surface area contributed by atoms with Gasteiger partial charge in [-0.1, -0.05) is 32.0 Å². The monoisotopic (exact) mass is 602 g/mol. The maximum atomic E-state index is 14.1. The first-order valence-electron chi connectivity index (χ1n) is 13.6. The number of carbonyl (C=O) groups excluding carboxylic acids is 4. The molecule has 0 radical (unpaired) electrons. The standard InChI is InChI=1S/C30H30F4N4O5/c1-14(2)9-18(17-10-15-5-3-4-6-21(15)37-26(17)28(35)40)30(42)38-22(11-16-7-8-36-29(16)41)23(39)13-43-27-24(33)19(31)12-20(32)25(27)34/h3-6,10,12,14,16,18,22H,7-9,11,13H2,1-2H3,(H2,35,40)(H,36,41)(H,38,42)/t16-,18-,22-/m0/s1. The highest BCUT2D eigenvalue weighted by Gasteiger charge is 2.35. The summed E-state index contributed by atoms with van der Waals surface area (Å²) in [6.45, 7) is 2.96. The van der Waals surface area contributed by atoms with Crippen LogP contribution in [0, 0.1) is 35.1 Å². The zero-order chi connectivity index (χ0) is 31.4. The third-order valence-electron chi connectivity index (χ3n) is 7.20. The number of halogens is 4. The molecule has 1 saturated heterocycles. The van der Waals surface area contributed by atoms with Gasteiger partial charge in [0.25, 0.3) is 5.91 Å². The quantitative estimate of drug-likeness (QED) is 0.214. The van der Waals surface area contributed by atoms with E-state index in [1.54, 1.807) is 30.3 Å². The number of para-hydroxylation sites is 1. The topological polar surface area (TPSA) is 140 Å². The fourth-order valence-electron chi connectivity index (χ4n) is 5.06. The molecule has 13 heteroatoms. The van der Waals surface area contributed by atoms with E-state index in [2.05, 4.69) is 15.6 Å². The molecule has 4 N–H and O–H groups in total. The molecule has 1 aliphatic heterocycles. The number of pyridine rings is 1. The zero-order valence-corrected chi connectivity index (χ0v) is 23.4. The van der Waals surface area contributed by atoms with E-state index in [-0.39, 0.29) is 42.0 Å². The predicted octanol–water partition coefficient (Wildman–Crippen LogP) is 3.68. The number of fused-ring (bicyclic) bond motifs is 1. The van der Waals surface area contributed by atoms with E-state index < -0.39 is 71.1 Å². The number of nitrogens with two attached hydrogens (primary N) is 1. The van der Waals surface area contributed by atoms with Gasteiger partial charge in [0.05, 0.1) is 17.5 Å². The third kappa shape index (κ3) is 7.09. The lowest BCUT2D eigenvalue weighted by Crippen LogP contribution is -2.47. The summed E-state index contributed by atoms with van der Waals surface area (Å²) in [6, 6.07) is 7.14. The summed E-state index contributed by atoms with van der Waals surface area (Å²) in [4.78, 5) is 56.2. The Kier molecular flexibility index (Phi) is 9.62. The van der Waals surface area contributed by atoms with Crippen LogP contribution >= 0.6 is 0 Å². The average molecular weight is 603 g/mol. The lowest BCUT2D eigenvalue weighted by molar-refractivity contribution is -0.131. The molecular weight excluding hydrogens is 572 g/mol. The van der Waals surface area contributed by atoms with Crippen molar-refractivity contribution >= 4 is 34.4 Å². The Bertz CT molecular complexity index is 1560. The van der Waals surface area contributed by atoms with Crippen molar-refractivity contribution in [2.75, 3.05) is 13.2 Å². The number of aromatic nitrogens is 1. The van der Waals surface area contributed by atoms with Crippen LogP contribution in [0.5, 0.6) is 5.75 Å². The van der Waals surface area contributed by atoms with Crippen LogP contribution < -0.4 is 21.1 Å². The number of ether oxygens (including phenoxy) is 1. The van der Waals surface area contributed by atoms with Crippen molar-refractivity contribution in [3.63, 3.8) is 0 Å². The van der Waals surface area contributed by atoms with E-state index in [0.717, 1.165) is 0 Å². The van der Waals surface area contributed by atoms with Crippen molar-refractivity contribution in [2.24, 2.45) is 17.6 Å². The van der Waals surface area contributed by atoms with Crippen molar-refractivity contribution in [2.45, 2.75) is 45.1 Å². The molecule has 2 heterocycles. The molecule has 43 heavy (non-hydrogen) atoms. The first-order chi connectivity index (χ1) is 20.4. The lowest BCUT2D eigenvalue weighted by atomic mass is 9.86. The number of nitrogens with zero attached hydrogens (tertiary/aromatic N) is 1. The summed E-state index contributed by atoms with van der Waals surface area (Å²) >= 11 is 0. The van der Waals surface area contributed by atoms with Gasteiger partial charge in [-0.05, 0) is 42.9 Å². The van der Waals surface area contributed by atoms with Crippen molar-refractivity contribution in [3.8, 4) is 5.75 Å². The highest BCUT2D eigenvalue weighted by Crippen LogP contribution is 2.30. The van der Waals surface area contributed by atoms with Gasteiger partial charge in [0, 0.05) is 23.9 Å². The maximum Gasteiger partial charge on any atom is 0.267 e. The second-order valence-corrected chi connectivity index (χ2v) is 10.8. The van der Waals surface area contributed by atoms with E-state index in [1.165, 1.54) is 0 Å². The van der Waals surface area contributed by atoms with Crippen LogP contribution in [-0.4, -0.2) is 47.7 Å². The molecule has 0 saturated carbocycles. The van der Waals surface area contributed by atoms with Gasteiger partial charge in [-0.15, -0.1) is 0 Å². The number of nitrogens with one attached hydrogen (secondary N) is 2. The van der Waals surface area contributed by atoms with Gasteiger partial charge in [-0.2, -0.15) is 8.78 Å². The molecule has 3 aromatic rings. The summed E-state index contributed by atoms with van der Waals surface area (Å²) < 4.78 is 60.4. The smallest absolute Gasteiger partial charge is 0.267 e. The Morgan fingerprint density at radius 3 is 2.37 bits per heavy atom. The molecule has 228 valence electrons. The lowest BCUT2D eigenvalue weighted by Gasteiger charge is -2.25. The summed E-state index contributed by atoms with van der Waals surface area (Å²) in [5.74, 6) is -13.1. The number of primary amides is 1. The number of ketones is 1.